The SMILES string of the molecule is Cc1ccc([N+](=O)[O-])cc1NC(=O)C(C)Oc1c(C)cccc1C. The molecule has 0 spiro atoms. The second-order valence-corrected chi connectivity index (χ2v) is 5.73. The number of ether oxygens (including phenoxy) is 1. The van der Waals surface area contributed by atoms with E-state index in [1.165, 1.54) is 12.1 Å². The molecule has 24 heavy (non-hydrogen) atoms. The fraction of sp³-hybridized carbons (Fsp3) is 0.278. The van der Waals surface area contributed by atoms with Gasteiger partial charge in [0, 0.05) is 12.1 Å². The molecule has 1 amide bonds. The third kappa shape index (κ3) is 3.90. The number of nitro groups is 1. The minimum atomic E-state index is -0.733. The van der Waals surface area contributed by atoms with Crippen molar-refractivity contribution < 1.29 is 14.5 Å². The Morgan fingerprint density at radius 1 is 1.12 bits per heavy atom. The molecule has 0 saturated heterocycles. The van der Waals surface area contributed by atoms with Crippen molar-refractivity contribution in [3.8, 4) is 5.75 Å². The van der Waals surface area contributed by atoms with Gasteiger partial charge in [-0.05, 0) is 44.4 Å². The first-order chi connectivity index (χ1) is 11.3. The van der Waals surface area contributed by atoms with Crippen LogP contribution in [0.15, 0.2) is 36.4 Å². The number of para-hydroxylation sites is 1. The lowest BCUT2D eigenvalue weighted by molar-refractivity contribution is -0.384. The van der Waals surface area contributed by atoms with E-state index in [2.05, 4.69) is 5.32 Å². The van der Waals surface area contributed by atoms with Crippen molar-refractivity contribution in [1.29, 1.82) is 0 Å². The number of anilines is 1. The number of nitrogens with one attached hydrogen (secondary N) is 1. The number of carbonyl (C=O) groups excluding carboxylic acids is 1. The zero-order valence-corrected chi connectivity index (χ0v) is 14.1. The van der Waals surface area contributed by atoms with Gasteiger partial charge in [0.05, 0.1) is 10.6 Å². The van der Waals surface area contributed by atoms with E-state index < -0.39 is 11.0 Å². The summed E-state index contributed by atoms with van der Waals surface area (Å²) >= 11 is 0. The van der Waals surface area contributed by atoms with Crippen molar-refractivity contribution in [3.63, 3.8) is 0 Å². The Kier molecular flexibility index (Phi) is 5.18. The molecular weight excluding hydrogens is 308 g/mol. The molecular formula is C18H20N2O4. The number of non-ortho nitro benzene ring substituents is 1. The Hall–Kier alpha value is -2.89. The number of nitro benzene ring substituents is 1. The highest BCUT2D eigenvalue weighted by atomic mass is 16.6. The van der Waals surface area contributed by atoms with Gasteiger partial charge in [-0.25, -0.2) is 0 Å². The first kappa shape index (κ1) is 17.5. The fourth-order valence-electron chi connectivity index (χ4n) is 2.31. The van der Waals surface area contributed by atoms with Gasteiger partial charge >= 0.3 is 0 Å². The Morgan fingerprint density at radius 3 is 2.33 bits per heavy atom. The third-order valence-electron chi connectivity index (χ3n) is 3.76. The van der Waals surface area contributed by atoms with Crippen molar-refractivity contribution in [2.45, 2.75) is 33.8 Å². The predicted octanol–water partition coefficient (Wildman–Crippen LogP) is 3.93. The van der Waals surface area contributed by atoms with E-state index in [0.29, 0.717) is 11.4 Å². The van der Waals surface area contributed by atoms with Crippen molar-refractivity contribution >= 4 is 17.3 Å². The highest BCUT2D eigenvalue weighted by Crippen LogP contribution is 2.25. The van der Waals surface area contributed by atoms with Crippen LogP contribution in [0.5, 0.6) is 5.75 Å². The number of rotatable bonds is 5. The fourth-order valence-corrected chi connectivity index (χ4v) is 2.31. The molecule has 6 heteroatoms. The smallest absolute Gasteiger partial charge is 0.271 e. The maximum atomic E-state index is 12.4. The monoisotopic (exact) mass is 328 g/mol. The average molecular weight is 328 g/mol. The maximum Gasteiger partial charge on any atom is 0.271 e. The molecule has 2 aromatic rings. The quantitative estimate of drug-likeness (QED) is 0.666. The second-order valence-electron chi connectivity index (χ2n) is 5.73. The second kappa shape index (κ2) is 7.12. The van der Waals surface area contributed by atoms with Crippen LogP contribution in [0, 0.1) is 30.9 Å². The molecule has 0 radical (unpaired) electrons. The normalized spacial score (nSPS) is 11.7. The largest absolute Gasteiger partial charge is 0.480 e. The van der Waals surface area contributed by atoms with Gasteiger partial charge in [0.25, 0.3) is 11.6 Å². The zero-order valence-electron chi connectivity index (χ0n) is 14.1. The number of aryl methyl sites for hydroxylation is 3. The lowest BCUT2D eigenvalue weighted by atomic mass is 10.1. The molecule has 2 rings (SSSR count). The van der Waals surface area contributed by atoms with Crippen LogP contribution in [-0.2, 0) is 4.79 Å². The van der Waals surface area contributed by atoms with Crippen LogP contribution >= 0.6 is 0 Å². The van der Waals surface area contributed by atoms with Crippen molar-refractivity contribution in [2.24, 2.45) is 0 Å². The van der Waals surface area contributed by atoms with Crippen LogP contribution in [0.4, 0.5) is 11.4 Å². The van der Waals surface area contributed by atoms with E-state index in [4.69, 9.17) is 4.74 Å². The third-order valence-corrected chi connectivity index (χ3v) is 3.76. The lowest BCUT2D eigenvalue weighted by Crippen LogP contribution is -2.30. The number of hydrogen-bond acceptors (Lipinski definition) is 4. The summed E-state index contributed by atoms with van der Waals surface area (Å²) in [5.41, 5.74) is 2.97. The van der Waals surface area contributed by atoms with E-state index in [1.54, 1.807) is 19.9 Å². The van der Waals surface area contributed by atoms with Gasteiger partial charge in [0.1, 0.15) is 5.75 Å². The molecule has 0 aromatic heterocycles. The Labute approximate surface area is 140 Å². The van der Waals surface area contributed by atoms with E-state index in [0.717, 1.165) is 16.7 Å². The Morgan fingerprint density at radius 2 is 1.75 bits per heavy atom. The molecule has 0 saturated carbocycles. The van der Waals surface area contributed by atoms with E-state index >= 15 is 0 Å². The van der Waals surface area contributed by atoms with Gasteiger partial charge in [-0.1, -0.05) is 24.3 Å². The molecule has 0 fully saturated rings. The average Bonchev–Trinajstić information content (AvgIpc) is 2.52. The van der Waals surface area contributed by atoms with Gasteiger partial charge in [0.15, 0.2) is 6.10 Å². The minimum Gasteiger partial charge on any atom is -0.480 e. The summed E-state index contributed by atoms with van der Waals surface area (Å²) in [6.07, 6.45) is -0.733. The van der Waals surface area contributed by atoms with Gasteiger partial charge in [-0.15, -0.1) is 0 Å². The topological polar surface area (TPSA) is 81.5 Å². The van der Waals surface area contributed by atoms with Crippen molar-refractivity contribution in [1.82, 2.24) is 0 Å². The summed E-state index contributed by atoms with van der Waals surface area (Å²) < 4.78 is 5.78. The van der Waals surface area contributed by atoms with E-state index in [9.17, 15) is 14.9 Å². The number of benzene rings is 2. The van der Waals surface area contributed by atoms with Gasteiger partial charge in [-0.3, -0.25) is 14.9 Å². The summed E-state index contributed by atoms with van der Waals surface area (Å²) in [7, 11) is 0. The molecule has 126 valence electrons. The lowest BCUT2D eigenvalue weighted by Gasteiger charge is -2.18. The summed E-state index contributed by atoms with van der Waals surface area (Å²) in [4.78, 5) is 22.7. The zero-order chi connectivity index (χ0) is 17.9. The molecule has 0 bridgehead atoms. The Balaban J connectivity index is 2.15. The van der Waals surface area contributed by atoms with Crippen LogP contribution in [-0.4, -0.2) is 16.9 Å². The summed E-state index contributed by atoms with van der Waals surface area (Å²) in [5.74, 6) is 0.317. The molecule has 1 N–H and O–H groups in total. The number of carbonyl (C=O) groups is 1. The molecule has 0 aliphatic rings. The van der Waals surface area contributed by atoms with Crippen molar-refractivity contribution in [3.05, 3.63) is 63.2 Å². The summed E-state index contributed by atoms with van der Waals surface area (Å²) in [5, 5.41) is 13.6. The van der Waals surface area contributed by atoms with Crippen LogP contribution in [0.3, 0.4) is 0 Å². The van der Waals surface area contributed by atoms with Crippen LogP contribution in [0.25, 0.3) is 0 Å². The summed E-state index contributed by atoms with van der Waals surface area (Å²) in [6.45, 7) is 7.25. The first-order valence-corrected chi connectivity index (χ1v) is 7.58. The van der Waals surface area contributed by atoms with E-state index in [1.807, 2.05) is 32.0 Å². The number of nitrogens with zero attached hydrogens (tertiary/aromatic N) is 1. The minimum absolute atomic E-state index is 0.0702. The van der Waals surface area contributed by atoms with Gasteiger partial charge < -0.3 is 10.1 Å². The molecule has 2 aromatic carbocycles. The summed E-state index contributed by atoms with van der Waals surface area (Å²) in [6, 6.07) is 10.1. The molecule has 0 aliphatic carbocycles. The molecule has 0 heterocycles. The number of hydrogen-bond donors (Lipinski definition) is 1. The molecule has 6 nitrogen and oxygen atoms in total. The first-order valence-electron chi connectivity index (χ1n) is 7.58. The van der Waals surface area contributed by atoms with Crippen LogP contribution in [0.2, 0.25) is 0 Å². The standard InChI is InChI=1S/C18H20N2O4/c1-11-8-9-15(20(22)23)10-16(11)19-18(21)14(4)24-17-12(2)6-5-7-13(17)3/h5-10,14H,1-4H3,(H,19,21). The van der Waals surface area contributed by atoms with E-state index in [-0.39, 0.29) is 11.6 Å². The van der Waals surface area contributed by atoms with Gasteiger partial charge in [0.2, 0.25) is 0 Å². The van der Waals surface area contributed by atoms with Crippen molar-refractivity contribution in [2.75, 3.05) is 5.32 Å². The van der Waals surface area contributed by atoms with Gasteiger partial charge in [-0.2, -0.15) is 0 Å². The Bertz CT molecular complexity index is 766. The molecule has 0 aliphatic heterocycles. The highest BCUT2D eigenvalue weighted by molar-refractivity contribution is 5.95. The molecule has 1 atom stereocenters. The molecule has 1 unspecified atom stereocenters. The number of amides is 1. The highest BCUT2D eigenvalue weighted by Gasteiger charge is 2.19. The van der Waals surface area contributed by atoms with Crippen LogP contribution < -0.4 is 10.1 Å². The maximum absolute atomic E-state index is 12.4. The predicted molar refractivity (Wildman–Crippen MR) is 92.5 cm³/mol. The van der Waals surface area contributed by atoms with Crippen LogP contribution in [0.1, 0.15) is 23.6 Å².